The average molecular weight is 252 g/mol. The van der Waals surface area contributed by atoms with Gasteiger partial charge in [0.05, 0.1) is 6.10 Å². The molecule has 2 unspecified atom stereocenters. The summed E-state index contributed by atoms with van der Waals surface area (Å²) in [6.45, 7) is 8.61. The van der Waals surface area contributed by atoms with Crippen molar-refractivity contribution in [1.82, 2.24) is 0 Å². The van der Waals surface area contributed by atoms with Gasteiger partial charge in [0.25, 0.3) is 0 Å². The molecule has 0 radical (unpaired) electrons. The molecule has 18 heavy (non-hydrogen) atoms. The van der Waals surface area contributed by atoms with Gasteiger partial charge in [-0.1, -0.05) is 45.0 Å². The second-order valence-electron chi connectivity index (χ2n) is 5.75. The summed E-state index contributed by atoms with van der Waals surface area (Å²) in [7, 11) is 0. The fraction of sp³-hybridized carbons (Fsp3) is 0.600. The Morgan fingerprint density at radius 3 is 2.00 bits per heavy atom. The van der Waals surface area contributed by atoms with Crippen LogP contribution in [0.15, 0.2) is 24.3 Å². The SMILES string of the molecule is CCOC(O)c1ccc(C(O)CC(C)(C)C)cc1. The van der Waals surface area contributed by atoms with Gasteiger partial charge in [0.2, 0.25) is 0 Å². The fourth-order valence-corrected chi connectivity index (χ4v) is 1.83. The summed E-state index contributed by atoms with van der Waals surface area (Å²) >= 11 is 0. The molecular formula is C15H24O3. The lowest BCUT2D eigenvalue weighted by Crippen LogP contribution is -2.11. The van der Waals surface area contributed by atoms with E-state index in [1.807, 2.05) is 19.1 Å². The van der Waals surface area contributed by atoms with Gasteiger partial charge in [-0.25, -0.2) is 0 Å². The second kappa shape index (κ2) is 6.32. The van der Waals surface area contributed by atoms with Crippen molar-refractivity contribution in [3.63, 3.8) is 0 Å². The maximum Gasteiger partial charge on any atom is 0.181 e. The third-order valence-electron chi connectivity index (χ3n) is 2.74. The first-order valence-electron chi connectivity index (χ1n) is 6.41. The number of ether oxygens (including phenoxy) is 1. The lowest BCUT2D eigenvalue weighted by atomic mass is 9.87. The summed E-state index contributed by atoms with van der Waals surface area (Å²) < 4.78 is 5.10. The van der Waals surface area contributed by atoms with E-state index < -0.39 is 12.4 Å². The molecule has 3 nitrogen and oxygen atoms in total. The zero-order chi connectivity index (χ0) is 13.8. The zero-order valence-corrected chi connectivity index (χ0v) is 11.7. The largest absolute Gasteiger partial charge is 0.388 e. The van der Waals surface area contributed by atoms with Gasteiger partial charge in [0.15, 0.2) is 6.29 Å². The molecule has 0 amide bonds. The smallest absolute Gasteiger partial charge is 0.181 e. The maximum atomic E-state index is 10.1. The van der Waals surface area contributed by atoms with Crippen molar-refractivity contribution in [1.29, 1.82) is 0 Å². The minimum Gasteiger partial charge on any atom is -0.388 e. The van der Waals surface area contributed by atoms with Gasteiger partial charge in [-0.05, 0) is 24.3 Å². The van der Waals surface area contributed by atoms with E-state index in [0.717, 1.165) is 5.56 Å². The van der Waals surface area contributed by atoms with Gasteiger partial charge in [0, 0.05) is 12.2 Å². The molecule has 1 aromatic carbocycles. The van der Waals surface area contributed by atoms with Crippen molar-refractivity contribution < 1.29 is 14.9 Å². The molecule has 0 saturated heterocycles. The summed E-state index contributed by atoms with van der Waals surface area (Å²) in [5, 5.41) is 19.7. The molecule has 0 saturated carbocycles. The van der Waals surface area contributed by atoms with Gasteiger partial charge in [-0.3, -0.25) is 0 Å². The van der Waals surface area contributed by atoms with Gasteiger partial charge in [0.1, 0.15) is 0 Å². The van der Waals surface area contributed by atoms with E-state index in [-0.39, 0.29) is 5.41 Å². The van der Waals surface area contributed by atoms with Crippen molar-refractivity contribution >= 4 is 0 Å². The predicted octanol–water partition coefficient (Wildman–Crippen LogP) is 3.18. The molecule has 2 N–H and O–H groups in total. The van der Waals surface area contributed by atoms with Crippen LogP contribution in [-0.4, -0.2) is 16.8 Å². The van der Waals surface area contributed by atoms with Crippen molar-refractivity contribution in [3.8, 4) is 0 Å². The lowest BCUT2D eigenvalue weighted by molar-refractivity contribution is -0.0980. The summed E-state index contributed by atoms with van der Waals surface area (Å²) in [6, 6.07) is 7.27. The Morgan fingerprint density at radius 2 is 1.56 bits per heavy atom. The molecule has 1 aromatic rings. The molecule has 0 bridgehead atoms. The summed E-state index contributed by atoms with van der Waals surface area (Å²) in [6.07, 6.45) is -0.646. The van der Waals surface area contributed by atoms with Crippen LogP contribution in [0.5, 0.6) is 0 Å². The molecule has 0 fully saturated rings. The Bertz CT molecular complexity index is 351. The van der Waals surface area contributed by atoms with Crippen molar-refractivity contribution in [2.24, 2.45) is 5.41 Å². The number of hydrogen-bond donors (Lipinski definition) is 2. The van der Waals surface area contributed by atoms with Crippen LogP contribution in [-0.2, 0) is 4.74 Å². The van der Waals surface area contributed by atoms with E-state index in [0.29, 0.717) is 18.6 Å². The molecule has 102 valence electrons. The van der Waals surface area contributed by atoms with E-state index >= 15 is 0 Å². The van der Waals surface area contributed by atoms with Gasteiger partial charge in [-0.2, -0.15) is 0 Å². The summed E-state index contributed by atoms with van der Waals surface area (Å²) in [5.41, 5.74) is 1.67. The first kappa shape index (κ1) is 15.2. The van der Waals surface area contributed by atoms with Gasteiger partial charge in [-0.15, -0.1) is 0 Å². The predicted molar refractivity (Wildman–Crippen MR) is 72.1 cm³/mol. The third-order valence-corrected chi connectivity index (χ3v) is 2.74. The number of hydrogen-bond acceptors (Lipinski definition) is 3. The van der Waals surface area contributed by atoms with Crippen LogP contribution in [0.2, 0.25) is 0 Å². The van der Waals surface area contributed by atoms with Crippen LogP contribution in [0, 0.1) is 5.41 Å². The molecule has 0 aliphatic heterocycles. The molecule has 3 heteroatoms. The third kappa shape index (κ3) is 4.77. The lowest BCUT2D eigenvalue weighted by Gasteiger charge is -2.22. The number of rotatable bonds is 5. The second-order valence-corrected chi connectivity index (χ2v) is 5.75. The van der Waals surface area contributed by atoms with Crippen molar-refractivity contribution in [3.05, 3.63) is 35.4 Å². The summed E-state index contributed by atoms with van der Waals surface area (Å²) in [4.78, 5) is 0. The molecule has 0 spiro atoms. The van der Waals surface area contributed by atoms with E-state index in [9.17, 15) is 10.2 Å². The number of benzene rings is 1. The Hall–Kier alpha value is -0.900. The van der Waals surface area contributed by atoms with Gasteiger partial charge < -0.3 is 14.9 Å². The fourth-order valence-electron chi connectivity index (χ4n) is 1.83. The number of aliphatic hydroxyl groups excluding tert-OH is 2. The molecule has 0 heterocycles. The van der Waals surface area contributed by atoms with Crippen LogP contribution in [0.25, 0.3) is 0 Å². The number of aliphatic hydroxyl groups is 2. The average Bonchev–Trinajstić information content (AvgIpc) is 2.27. The normalized spacial score (nSPS) is 15.4. The van der Waals surface area contributed by atoms with E-state index in [1.165, 1.54) is 0 Å². The highest BCUT2D eigenvalue weighted by Crippen LogP contribution is 2.29. The van der Waals surface area contributed by atoms with Crippen LogP contribution >= 0.6 is 0 Å². The molecule has 0 aromatic heterocycles. The minimum absolute atomic E-state index is 0.0862. The Labute approximate surface area is 109 Å². The van der Waals surface area contributed by atoms with E-state index in [2.05, 4.69) is 20.8 Å². The Kier molecular flexibility index (Phi) is 5.32. The van der Waals surface area contributed by atoms with Gasteiger partial charge >= 0.3 is 0 Å². The molecule has 2 atom stereocenters. The molecule has 0 aliphatic rings. The van der Waals surface area contributed by atoms with Crippen LogP contribution in [0.3, 0.4) is 0 Å². The van der Waals surface area contributed by atoms with Crippen molar-refractivity contribution in [2.45, 2.75) is 46.5 Å². The highest BCUT2D eigenvalue weighted by atomic mass is 16.6. The minimum atomic E-state index is -0.885. The van der Waals surface area contributed by atoms with Crippen molar-refractivity contribution in [2.75, 3.05) is 6.61 Å². The summed E-state index contributed by atoms with van der Waals surface area (Å²) in [5.74, 6) is 0. The van der Waals surface area contributed by atoms with Crippen LogP contribution in [0.4, 0.5) is 0 Å². The first-order valence-corrected chi connectivity index (χ1v) is 6.41. The topological polar surface area (TPSA) is 49.7 Å². The monoisotopic (exact) mass is 252 g/mol. The highest BCUT2D eigenvalue weighted by Gasteiger charge is 2.18. The van der Waals surface area contributed by atoms with Crippen LogP contribution < -0.4 is 0 Å². The quantitative estimate of drug-likeness (QED) is 0.791. The molecule has 1 rings (SSSR count). The highest BCUT2D eigenvalue weighted by molar-refractivity contribution is 5.25. The first-order chi connectivity index (χ1) is 8.33. The van der Waals surface area contributed by atoms with E-state index in [1.54, 1.807) is 12.1 Å². The molecular weight excluding hydrogens is 228 g/mol. The zero-order valence-electron chi connectivity index (χ0n) is 11.7. The molecule has 0 aliphatic carbocycles. The Morgan fingerprint density at radius 1 is 1.06 bits per heavy atom. The Balaban J connectivity index is 2.70. The standard InChI is InChI=1S/C15H24O3/c1-5-18-14(17)12-8-6-11(7-9-12)13(16)10-15(2,3)4/h6-9,13-14,16-17H,5,10H2,1-4H3. The maximum absolute atomic E-state index is 10.1. The van der Waals surface area contributed by atoms with Crippen LogP contribution in [0.1, 0.15) is 57.6 Å². The van der Waals surface area contributed by atoms with E-state index in [4.69, 9.17) is 4.74 Å².